The minimum absolute atomic E-state index is 0.0654. The summed E-state index contributed by atoms with van der Waals surface area (Å²) in [6.07, 6.45) is 1.65. The van der Waals surface area contributed by atoms with Crippen LogP contribution in [0.1, 0.15) is 31.0 Å². The topological polar surface area (TPSA) is 79.3 Å². The van der Waals surface area contributed by atoms with E-state index < -0.39 is 17.7 Å². The molecule has 34 heavy (non-hydrogen) atoms. The summed E-state index contributed by atoms with van der Waals surface area (Å²) in [6, 6.07) is 13.2. The molecule has 0 saturated carbocycles. The van der Waals surface area contributed by atoms with E-state index in [1.807, 2.05) is 12.1 Å². The maximum atomic E-state index is 13.2. The van der Waals surface area contributed by atoms with Crippen molar-refractivity contribution in [3.05, 3.63) is 77.9 Å². The number of ketones is 1. The van der Waals surface area contributed by atoms with Gasteiger partial charge in [-0.3, -0.25) is 9.59 Å². The van der Waals surface area contributed by atoms with Gasteiger partial charge in [-0.1, -0.05) is 38.6 Å². The summed E-state index contributed by atoms with van der Waals surface area (Å²) in [5.74, 6) is -0.315. The Morgan fingerprint density at radius 1 is 1.12 bits per heavy atom. The molecule has 0 bridgehead atoms. The highest BCUT2D eigenvalue weighted by Gasteiger charge is 2.46. The number of benzene rings is 2. The second kappa shape index (κ2) is 11.5. The Bertz CT molecular complexity index is 1060. The Balaban J connectivity index is 2.09. The van der Waals surface area contributed by atoms with Crippen molar-refractivity contribution < 1.29 is 24.2 Å². The molecule has 0 aromatic heterocycles. The van der Waals surface area contributed by atoms with Crippen LogP contribution in [0.15, 0.2) is 66.8 Å². The van der Waals surface area contributed by atoms with E-state index in [9.17, 15) is 14.7 Å². The van der Waals surface area contributed by atoms with Gasteiger partial charge >= 0.3 is 0 Å². The van der Waals surface area contributed by atoms with Crippen LogP contribution >= 0.6 is 0 Å². The Morgan fingerprint density at radius 3 is 2.44 bits per heavy atom. The molecule has 3 rings (SSSR count). The zero-order chi connectivity index (χ0) is 24.7. The molecule has 0 spiro atoms. The fraction of sp³-hybridized carbons (Fsp3) is 0.333. The van der Waals surface area contributed by atoms with Crippen LogP contribution in [0.4, 0.5) is 0 Å². The van der Waals surface area contributed by atoms with E-state index in [4.69, 9.17) is 9.47 Å². The Hall–Kier alpha value is -3.58. The zero-order valence-electron chi connectivity index (χ0n) is 20.0. The molecule has 1 amide bonds. The van der Waals surface area contributed by atoms with Crippen molar-refractivity contribution >= 4 is 17.4 Å². The van der Waals surface area contributed by atoms with E-state index in [0.717, 1.165) is 13.1 Å². The number of aliphatic hydroxyl groups is 1. The van der Waals surface area contributed by atoms with Crippen LogP contribution in [0.2, 0.25) is 0 Å². The van der Waals surface area contributed by atoms with E-state index in [0.29, 0.717) is 42.3 Å². The number of amides is 1. The van der Waals surface area contributed by atoms with Crippen LogP contribution in [-0.4, -0.2) is 66.5 Å². The van der Waals surface area contributed by atoms with Crippen molar-refractivity contribution in [3.8, 4) is 11.5 Å². The van der Waals surface area contributed by atoms with Crippen LogP contribution in [0.3, 0.4) is 0 Å². The second-order valence-electron chi connectivity index (χ2n) is 7.92. The smallest absolute Gasteiger partial charge is 0.295 e. The van der Waals surface area contributed by atoms with Gasteiger partial charge in [-0.15, -0.1) is 0 Å². The normalized spacial score (nSPS) is 17.3. The van der Waals surface area contributed by atoms with Gasteiger partial charge in [0.2, 0.25) is 0 Å². The van der Waals surface area contributed by atoms with Gasteiger partial charge in [-0.25, -0.2) is 0 Å². The lowest BCUT2D eigenvalue weighted by atomic mass is 9.95. The Morgan fingerprint density at radius 2 is 1.82 bits per heavy atom. The summed E-state index contributed by atoms with van der Waals surface area (Å²) in [5.41, 5.74) is 1.19. The zero-order valence-corrected chi connectivity index (χ0v) is 20.0. The fourth-order valence-electron chi connectivity index (χ4n) is 4.08. The van der Waals surface area contributed by atoms with Gasteiger partial charge < -0.3 is 24.4 Å². The SMILES string of the molecule is C=CCOc1cccc([C@H]2C(=C(O)c3ccc(OC)cc3)C(=O)C(=O)N2CCN(CC)CC)c1. The fourth-order valence-corrected chi connectivity index (χ4v) is 4.08. The molecule has 1 N–H and O–H groups in total. The maximum absolute atomic E-state index is 13.2. The first-order valence-corrected chi connectivity index (χ1v) is 11.4. The quantitative estimate of drug-likeness (QED) is 0.234. The number of hydrogen-bond acceptors (Lipinski definition) is 6. The summed E-state index contributed by atoms with van der Waals surface area (Å²) in [5, 5.41) is 11.2. The van der Waals surface area contributed by atoms with Crippen molar-refractivity contribution in [3.63, 3.8) is 0 Å². The molecule has 2 aromatic rings. The third kappa shape index (κ3) is 5.31. The van der Waals surface area contributed by atoms with Crippen molar-refractivity contribution in [2.45, 2.75) is 19.9 Å². The molecular formula is C27H32N2O5. The van der Waals surface area contributed by atoms with Gasteiger partial charge in [0.1, 0.15) is 23.9 Å². The monoisotopic (exact) mass is 464 g/mol. The Kier molecular flexibility index (Phi) is 8.49. The molecule has 0 radical (unpaired) electrons. The van der Waals surface area contributed by atoms with E-state index >= 15 is 0 Å². The molecule has 7 nitrogen and oxygen atoms in total. The summed E-state index contributed by atoms with van der Waals surface area (Å²) in [7, 11) is 1.55. The van der Waals surface area contributed by atoms with Crippen molar-refractivity contribution in [1.82, 2.24) is 9.80 Å². The first kappa shape index (κ1) is 25.1. The maximum Gasteiger partial charge on any atom is 0.295 e. The molecule has 0 aliphatic carbocycles. The number of carbonyl (C=O) groups excluding carboxylic acids is 2. The average Bonchev–Trinajstić information content (AvgIpc) is 3.13. The van der Waals surface area contributed by atoms with Crippen molar-refractivity contribution in [2.24, 2.45) is 0 Å². The van der Waals surface area contributed by atoms with Crippen molar-refractivity contribution in [1.29, 1.82) is 0 Å². The third-order valence-corrected chi connectivity index (χ3v) is 6.00. The van der Waals surface area contributed by atoms with Crippen LogP contribution in [0, 0.1) is 0 Å². The van der Waals surface area contributed by atoms with Gasteiger partial charge in [0.25, 0.3) is 11.7 Å². The predicted molar refractivity (Wildman–Crippen MR) is 132 cm³/mol. The molecule has 7 heteroatoms. The number of carbonyl (C=O) groups is 2. The van der Waals surface area contributed by atoms with Crippen LogP contribution in [0.25, 0.3) is 5.76 Å². The van der Waals surface area contributed by atoms with Gasteiger partial charge in [-0.05, 0) is 55.1 Å². The molecule has 1 atom stereocenters. The first-order chi connectivity index (χ1) is 16.4. The number of methoxy groups -OCH3 is 1. The standard InChI is InChI=1S/C27H32N2O5/c1-5-17-34-22-10-8-9-20(18-22)24-23(25(30)19-11-13-21(33-4)14-12-19)26(31)27(32)29(24)16-15-28(6-2)7-3/h5,8-14,18,24,30H,1,6-7,15-17H2,2-4H3/t24-/m0/s1. The molecule has 0 unspecified atom stereocenters. The average molecular weight is 465 g/mol. The molecule has 1 aliphatic heterocycles. The van der Waals surface area contributed by atoms with Crippen LogP contribution in [-0.2, 0) is 9.59 Å². The van der Waals surface area contributed by atoms with Crippen molar-refractivity contribution in [2.75, 3.05) is 39.9 Å². The number of aliphatic hydroxyl groups excluding tert-OH is 1. The molecule has 1 heterocycles. The lowest BCUT2D eigenvalue weighted by Crippen LogP contribution is -2.38. The molecular weight excluding hydrogens is 432 g/mol. The number of nitrogens with zero attached hydrogens (tertiary/aromatic N) is 2. The van der Waals surface area contributed by atoms with E-state index in [1.54, 1.807) is 54.5 Å². The summed E-state index contributed by atoms with van der Waals surface area (Å²) < 4.78 is 10.9. The minimum atomic E-state index is -0.732. The molecule has 1 saturated heterocycles. The Labute approximate surface area is 200 Å². The van der Waals surface area contributed by atoms with Crippen LogP contribution in [0.5, 0.6) is 11.5 Å². The highest BCUT2D eigenvalue weighted by Crippen LogP contribution is 2.40. The lowest BCUT2D eigenvalue weighted by molar-refractivity contribution is -0.140. The van der Waals surface area contributed by atoms with Gasteiger partial charge in [-0.2, -0.15) is 0 Å². The minimum Gasteiger partial charge on any atom is -0.507 e. The number of ether oxygens (including phenoxy) is 2. The molecule has 1 fully saturated rings. The molecule has 180 valence electrons. The highest BCUT2D eigenvalue weighted by atomic mass is 16.5. The molecule has 1 aliphatic rings. The second-order valence-corrected chi connectivity index (χ2v) is 7.92. The van der Waals surface area contributed by atoms with Gasteiger partial charge in [0.15, 0.2) is 0 Å². The predicted octanol–water partition coefficient (Wildman–Crippen LogP) is 4.02. The lowest BCUT2D eigenvalue weighted by Gasteiger charge is -2.28. The third-order valence-electron chi connectivity index (χ3n) is 6.00. The van der Waals surface area contributed by atoms with Gasteiger partial charge in [0.05, 0.1) is 18.7 Å². The number of likely N-dealkylation sites (tertiary alicyclic amines) is 1. The number of rotatable bonds is 11. The number of Topliss-reactive ketones (excluding diaryl/α,β-unsaturated/α-hetero) is 1. The first-order valence-electron chi connectivity index (χ1n) is 11.4. The molecule has 2 aromatic carbocycles. The number of likely N-dealkylation sites (N-methyl/N-ethyl adjacent to an activating group) is 1. The van der Waals surface area contributed by atoms with E-state index in [-0.39, 0.29) is 11.3 Å². The van der Waals surface area contributed by atoms with E-state index in [1.165, 1.54) is 0 Å². The highest BCUT2D eigenvalue weighted by molar-refractivity contribution is 6.46. The number of hydrogen-bond donors (Lipinski definition) is 1. The van der Waals surface area contributed by atoms with Crippen LogP contribution < -0.4 is 9.47 Å². The summed E-state index contributed by atoms with van der Waals surface area (Å²) in [6.45, 7) is 10.8. The van der Waals surface area contributed by atoms with E-state index in [2.05, 4.69) is 25.3 Å². The van der Waals surface area contributed by atoms with Gasteiger partial charge in [0, 0.05) is 18.7 Å². The largest absolute Gasteiger partial charge is 0.507 e. The summed E-state index contributed by atoms with van der Waals surface area (Å²) in [4.78, 5) is 30.0. The summed E-state index contributed by atoms with van der Waals surface area (Å²) >= 11 is 0.